The summed E-state index contributed by atoms with van der Waals surface area (Å²) in [6.45, 7) is 8.66. The lowest BCUT2D eigenvalue weighted by molar-refractivity contribution is -0.131. The molecular formula is C24H29FN8O. The first-order valence-corrected chi connectivity index (χ1v) is 11.5. The van der Waals surface area contributed by atoms with E-state index in [1.54, 1.807) is 25.1 Å². The van der Waals surface area contributed by atoms with Gasteiger partial charge in [-0.3, -0.25) is 14.4 Å². The predicted molar refractivity (Wildman–Crippen MR) is 125 cm³/mol. The molecule has 0 radical (unpaired) electrons. The monoisotopic (exact) mass is 464 g/mol. The highest BCUT2D eigenvalue weighted by molar-refractivity contribution is 5.78. The van der Waals surface area contributed by atoms with Crippen LogP contribution in [0.4, 0.5) is 10.1 Å². The predicted octanol–water partition coefficient (Wildman–Crippen LogP) is 2.35. The lowest BCUT2D eigenvalue weighted by atomic mass is 9.87. The third kappa shape index (κ3) is 3.42. The molecule has 1 amide bonds. The molecule has 0 bridgehead atoms. The lowest BCUT2D eigenvalue weighted by Crippen LogP contribution is -2.52. The van der Waals surface area contributed by atoms with Crippen LogP contribution < -0.4 is 4.90 Å². The van der Waals surface area contributed by atoms with Crippen LogP contribution in [0.5, 0.6) is 0 Å². The number of aromatic nitrogens is 4. The second-order valence-electron chi connectivity index (χ2n) is 10.1. The Bertz CT molecular complexity index is 1330. The van der Waals surface area contributed by atoms with Gasteiger partial charge in [0, 0.05) is 38.3 Å². The van der Waals surface area contributed by atoms with Crippen LogP contribution in [0.2, 0.25) is 0 Å². The standard InChI is InChI=1S/C24H29FN8O/c1-15-11-30(20-7-6-16(9-26)33-23(20)18(25)10-27-33)13-21-17-8-24(2,3)31(14-22(34)29(4)5)12-19(17)28-32(15)21/h6-7,10,15H,8,11-14H2,1-5H3/t15-/m1/s1. The summed E-state index contributed by atoms with van der Waals surface area (Å²) in [5.74, 6) is -0.365. The van der Waals surface area contributed by atoms with Crippen LogP contribution in [0.25, 0.3) is 5.52 Å². The molecule has 0 aromatic carbocycles. The molecule has 3 aromatic rings. The van der Waals surface area contributed by atoms with Crippen LogP contribution in [0, 0.1) is 17.1 Å². The number of hydrogen-bond acceptors (Lipinski definition) is 6. The molecule has 1 atom stereocenters. The second-order valence-corrected chi connectivity index (χ2v) is 10.1. The van der Waals surface area contributed by atoms with Gasteiger partial charge in [-0.15, -0.1) is 0 Å². The molecule has 9 nitrogen and oxygen atoms in total. The number of anilines is 1. The van der Waals surface area contributed by atoms with Crippen molar-refractivity contribution in [3.63, 3.8) is 0 Å². The quantitative estimate of drug-likeness (QED) is 0.592. The van der Waals surface area contributed by atoms with Crippen molar-refractivity contribution in [2.75, 3.05) is 32.1 Å². The summed E-state index contributed by atoms with van der Waals surface area (Å²) < 4.78 is 18.2. The SMILES string of the molecule is C[C@@H]1CN(c2ccc(C#N)n3ncc(F)c23)Cc2c3c(nn21)CN(CC(=O)N(C)C)C(C)(C)C3. The van der Waals surface area contributed by atoms with Gasteiger partial charge in [-0.25, -0.2) is 8.91 Å². The third-order valence-corrected chi connectivity index (χ3v) is 7.13. The van der Waals surface area contributed by atoms with Gasteiger partial charge in [0.15, 0.2) is 5.82 Å². The summed E-state index contributed by atoms with van der Waals surface area (Å²) in [5.41, 5.74) is 4.49. The van der Waals surface area contributed by atoms with Gasteiger partial charge >= 0.3 is 0 Å². The Morgan fingerprint density at radius 2 is 2.09 bits per heavy atom. The minimum atomic E-state index is -0.441. The summed E-state index contributed by atoms with van der Waals surface area (Å²) in [5, 5.41) is 18.4. The first-order chi connectivity index (χ1) is 16.1. The van der Waals surface area contributed by atoms with Crippen molar-refractivity contribution in [3.05, 3.63) is 46.8 Å². The molecular weight excluding hydrogens is 435 g/mol. The number of hydrogen-bond donors (Lipinski definition) is 0. The Hall–Kier alpha value is -3.45. The molecule has 34 heavy (non-hydrogen) atoms. The maximum atomic E-state index is 14.7. The van der Waals surface area contributed by atoms with Crippen molar-refractivity contribution < 1.29 is 9.18 Å². The first-order valence-electron chi connectivity index (χ1n) is 11.5. The highest BCUT2D eigenvalue weighted by atomic mass is 19.1. The van der Waals surface area contributed by atoms with Crippen LogP contribution in [-0.4, -0.2) is 67.8 Å². The smallest absolute Gasteiger partial charge is 0.236 e. The molecule has 0 aliphatic carbocycles. The van der Waals surface area contributed by atoms with Gasteiger partial charge in [-0.05, 0) is 39.3 Å². The van der Waals surface area contributed by atoms with Crippen LogP contribution in [-0.2, 0) is 24.3 Å². The topological polar surface area (TPSA) is 85.7 Å². The molecule has 0 saturated carbocycles. The number of rotatable bonds is 3. The zero-order chi connectivity index (χ0) is 24.4. The van der Waals surface area contributed by atoms with Gasteiger partial charge in [-0.1, -0.05) is 0 Å². The number of fused-ring (bicyclic) bond motifs is 4. The van der Waals surface area contributed by atoms with E-state index in [2.05, 4.69) is 46.4 Å². The summed E-state index contributed by atoms with van der Waals surface area (Å²) in [6.07, 6.45) is 1.94. The minimum absolute atomic E-state index is 0.0766. The molecule has 0 saturated heterocycles. The number of halogens is 1. The van der Waals surface area contributed by atoms with Gasteiger partial charge in [0.1, 0.15) is 17.3 Å². The molecule has 3 aromatic heterocycles. The Morgan fingerprint density at radius 3 is 2.79 bits per heavy atom. The van der Waals surface area contributed by atoms with Gasteiger partial charge in [0.2, 0.25) is 5.91 Å². The van der Waals surface area contributed by atoms with E-state index in [1.807, 2.05) is 6.07 Å². The van der Waals surface area contributed by atoms with Crippen molar-refractivity contribution in [2.45, 2.75) is 51.9 Å². The summed E-state index contributed by atoms with van der Waals surface area (Å²) >= 11 is 0. The van der Waals surface area contributed by atoms with E-state index in [9.17, 15) is 14.4 Å². The van der Waals surface area contributed by atoms with E-state index >= 15 is 0 Å². The molecule has 2 aliphatic heterocycles. The Kier molecular flexibility index (Phi) is 5.13. The lowest BCUT2D eigenvalue weighted by Gasteiger charge is -2.42. The molecule has 5 heterocycles. The number of likely N-dealkylation sites (N-methyl/N-ethyl adjacent to an activating group) is 1. The second kappa shape index (κ2) is 7.81. The fraction of sp³-hybridized carbons (Fsp3) is 0.500. The molecule has 10 heteroatoms. The van der Waals surface area contributed by atoms with Crippen molar-refractivity contribution in [2.24, 2.45) is 0 Å². The van der Waals surface area contributed by atoms with Crippen molar-refractivity contribution in [3.8, 4) is 6.07 Å². The third-order valence-electron chi connectivity index (χ3n) is 7.13. The Morgan fingerprint density at radius 1 is 1.32 bits per heavy atom. The minimum Gasteiger partial charge on any atom is -0.362 e. The summed E-state index contributed by atoms with van der Waals surface area (Å²) in [4.78, 5) is 18.4. The van der Waals surface area contributed by atoms with Crippen LogP contribution in [0.15, 0.2) is 18.3 Å². The maximum absolute atomic E-state index is 14.7. The van der Waals surface area contributed by atoms with Crippen molar-refractivity contribution >= 4 is 17.1 Å². The zero-order valence-electron chi connectivity index (χ0n) is 20.2. The normalized spacial score (nSPS) is 19.6. The van der Waals surface area contributed by atoms with E-state index in [1.165, 1.54) is 10.1 Å². The average Bonchev–Trinajstić information content (AvgIpc) is 3.34. The number of nitrogens with zero attached hydrogens (tertiary/aromatic N) is 8. The first kappa shape index (κ1) is 22.3. The van der Waals surface area contributed by atoms with Gasteiger partial charge in [-0.2, -0.15) is 15.5 Å². The van der Waals surface area contributed by atoms with E-state index in [0.29, 0.717) is 37.4 Å². The fourth-order valence-electron chi connectivity index (χ4n) is 5.15. The Balaban J connectivity index is 1.51. The van der Waals surface area contributed by atoms with Gasteiger partial charge in [0.05, 0.1) is 42.4 Å². The Labute approximate surface area is 197 Å². The molecule has 0 N–H and O–H groups in total. The molecule has 0 fully saturated rings. The number of carbonyl (C=O) groups is 1. The maximum Gasteiger partial charge on any atom is 0.236 e. The number of amides is 1. The molecule has 5 rings (SSSR count). The van der Waals surface area contributed by atoms with Crippen LogP contribution in [0.1, 0.15) is 49.5 Å². The number of carbonyl (C=O) groups excluding carboxylic acids is 1. The molecule has 178 valence electrons. The largest absolute Gasteiger partial charge is 0.362 e. The number of nitriles is 1. The molecule has 0 spiro atoms. The summed E-state index contributed by atoms with van der Waals surface area (Å²) in [6, 6.07) is 5.65. The molecule has 2 aliphatic rings. The highest BCUT2D eigenvalue weighted by Crippen LogP contribution is 2.37. The fourth-order valence-corrected chi connectivity index (χ4v) is 5.15. The van der Waals surface area contributed by atoms with Crippen molar-refractivity contribution in [1.29, 1.82) is 5.26 Å². The van der Waals surface area contributed by atoms with E-state index in [4.69, 9.17) is 5.10 Å². The van der Waals surface area contributed by atoms with E-state index in [-0.39, 0.29) is 17.5 Å². The zero-order valence-corrected chi connectivity index (χ0v) is 20.2. The van der Waals surface area contributed by atoms with Crippen LogP contribution in [0.3, 0.4) is 0 Å². The molecule has 0 unspecified atom stereocenters. The number of pyridine rings is 1. The van der Waals surface area contributed by atoms with Gasteiger partial charge in [0.25, 0.3) is 0 Å². The van der Waals surface area contributed by atoms with Crippen LogP contribution >= 0.6 is 0 Å². The highest BCUT2D eigenvalue weighted by Gasteiger charge is 2.39. The van der Waals surface area contributed by atoms with E-state index < -0.39 is 5.82 Å². The van der Waals surface area contributed by atoms with Crippen molar-refractivity contribution in [1.82, 2.24) is 29.2 Å². The van der Waals surface area contributed by atoms with E-state index in [0.717, 1.165) is 29.7 Å². The summed E-state index contributed by atoms with van der Waals surface area (Å²) in [7, 11) is 3.56. The van der Waals surface area contributed by atoms with Gasteiger partial charge < -0.3 is 9.80 Å². The average molecular weight is 465 g/mol.